The minimum Gasteiger partial charge on any atom is -0.490 e. The molecule has 0 radical (unpaired) electrons. The Bertz CT molecular complexity index is 838. The molecule has 2 aromatic carbocycles. The van der Waals surface area contributed by atoms with E-state index in [0.29, 0.717) is 23.9 Å². The van der Waals surface area contributed by atoms with Crippen molar-refractivity contribution in [1.82, 2.24) is 10.2 Å². The van der Waals surface area contributed by atoms with Crippen molar-refractivity contribution in [3.8, 4) is 11.5 Å². The highest BCUT2D eigenvalue weighted by atomic mass is 32.1. The maximum Gasteiger partial charge on any atom is 0.253 e. The Morgan fingerprint density at radius 2 is 1.66 bits per heavy atom. The number of thiocarbonyl (C=S) groups is 1. The van der Waals surface area contributed by atoms with Crippen LogP contribution in [0.4, 0.5) is 5.69 Å². The van der Waals surface area contributed by atoms with Crippen molar-refractivity contribution < 1.29 is 14.3 Å². The molecular weight excluding hydrogens is 386 g/mol. The van der Waals surface area contributed by atoms with E-state index in [9.17, 15) is 4.79 Å². The fourth-order valence-corrected chi connectivity index (χ4v) is 3.03. The summed E-state index contributed by atoms with van der Waals surface area (Å²) in [4.78, 5) is 13.5. The van der Waals surface area contributed by atoms with Crippen molar-refractivity contribution in [1.29, 1.82) is 0 Å². The van der Waals surface area contributed by atoms with Gasteiger partial charge in [0.15, 0.2) is 16.6 Å². The average molecular weight is 416 g/mol. The van der Waals surface area contributed by atoms with Crippen molar-refractivity contribution in [2.45, 2.75) is 26.8 Å². The highest BCUT2D eigenvalue weighted by Gasteiger charge is 2.13. The van der Waals surface area contributed by atoms with E-state index in [0.717, 1.165) is 22.7 Å². The Kier molecular flexibility index (Phi) is 8.27. The number of benzene rings is 2. The number of carbonyl (C=O) groups is 1. The summed E-state index contributed by atoms with van der Waals surface area (Å²) < 4.78 is 11.3. The molecular formula is C22H29N3O3S. The Labute approximate surface area is 178 Å². The molecule has 2 rings (SSSR count). The number of ether oxygens (including phenoxy) is 2. The number of nitrogens with zero attached hydrogens (tertiary/aromatic N) is 1. The lowest BCUT2D eigenvalue weighted by atomic mass is 10.1. The highest BCUT2D eigenvalue weighted by Crippen LogP contribution is 2.30. The highest BCUT2D eigenvalue weighted by molar-refractivity contribution is 7.80. The molecule has 0 saturated carbocycles. The molecule has 1 atom stereocenters. The summed E-state index contributed by atoms with van der Waals surface area (Å²) >= 11 is 5.44. The number of hydrogen-bond donors (Lipinski definition) is 2. The van der Waals surface area contributed by atoms with E-state index in [1.807, 2.05) is 51.1 Å². The van der Waals surface area contributed by atoms with Crippen LogP contribution in [0, 0.1) is 0 Å². The molecule has 0 aromatic heterocycles. The van der Waals surface area contributed by atoms with Crippen LogP contribution in [0.5, 0.6) is 11.5 Å². The molecule has 0 aliphatic heterocycles. The molecule has 6 nitrogen and oxygen atoms in total. The Balaban J connectivity index is 2.01. The summed E-state index contributed by atoms with van der Waals surface area (Å²) in [5, 5.41) is 6.92. The zero-order chi connectivity index (χ0) is 21.4. The second-order valence-corrected chi connectivity index (χ2v) is 7.08. The van der Waals surface area contributed by atoms with Crippen LogP contribution < -0.4 is 20.1 Å². The fraction of sp³-hybridized carbons (Fsp3) is 0.364. The van der Waals surface area contributed by atoms with Crippen LogP contribution in [0.15, 0.2) is 42.5 Å². The molecule has 0 saturated heterocycles. The molecule has 0 spiro atoms. The second kappa shape index (κ2) is 10.7. The predicted octanol–water partition coefficient (Wildman–Crippen LogP) is 4.23. The quantitative estimate of drug-likeness (QED) is 0.629. The van der Waals surface area contributed by atoms with Gasteiger partial charge in [0, 0.05) is 25.3 Å². The van der Waals surface area contributed by atoms with E-state index in [-0.39, 0.29) is 11.9 Å². The molecule has 156 valence electrons. The van der Waals surface area contributed by atoms with E-state index in [4.69, 9.17) is 21.7 Å². The number of hydrogen-bond acceptors (Lipinski definition) is 4. The second-order valence-electron chi connectivity index (χ2n) is 6.67. The normalized spacial score (nSPS) is 11.3. The maximum absolute atomic E-state index is 12.0. The smallest absolute Gasteiger partial charge is 0.253 e. The van der Waals surface area contributed by atoms with Gasteiger partial charge in [0.25, 0.3) is 5.91 Å². The predicted molar refractivity (Wildman–Crippen MR) is 121 cm³/mol. The summed E-state index contributed by atoms with van der Waals surface area (Å²) in [6.07, 6.45) is 0. The van der Waals surface area contributed by atoms with Crippen molar-refractivity contribution in [3.05, 3.63) is 53.6 Å². The first-order valence-electron chi connectivity index (χ1n) is 9.64. The summed E-state index contributed by atoms with van der Waals surface area (Å²) in [6, 6.07) is 13.1. The van der Waals surface area contributed by atoms with E-state index in [1.54, 1.807) is 31.1 Å². The van der Waals surface area contributed by atoms with Crippen molar-refractivity contribution in [2.75, 3.05) is 32.6 Å². The van der Waals surface area contributed by atoms with E-state index in [1.165, 1.54) is 0 Å². The zero-order valence-corrected chi connectivity index (χ0v) is 18.4. The van der Waals surface area contributed by atoms with Crippen molar-refractivity contribution in [3.63, 3.8) is 0 Å². The van der Waals surface area contributed by atoms with E-state index >= 15 is 0 Å². The van der Waals surface area contributed by atoms with Crippen LogP contribution in [0.1, 0.15) is 42.7 Å². The lowest BCUT2D eigenvalue weighted by molar-refractivity contribution is 0.0827. The molecule has 7 heteroatoms. The minimum atomic E-state index is -0.0357. The van der Waals surface area contributed by atoms with Crippen LogP contribution in [0.2, 0.25) is 0 Å². The molecule has 0 heterocycles. The number of carbonyl (C=O) groups excluding carboxylic acids is 1. The number of amides is 1. The summed E-state index contributed by atoms with van der Waals surface area (Å²) in [5.41, 5.74) is 2.48. The fourth-order valence-electron chi connectivity index (χ4n) is 2.74. The van der Waals surface area contributed by atoms with Gasteiger partial charge in [0.05, 0.1) is 19.3 Å². The van der Waals surface area contributed by atoms with Gasteiger partial charge in [-0.05, 0) is 75.0 Å². The summed E-state index contributed by atoms with van der Waals surface area (Å²) in [6.45, 7) is 7.07. The standard InChI is InChI=1S/C22H29N3O3S/c1-6-27-19-13-10-17(14-20(19)28-7-2)15(3)23-22(29)24-18-11-8-16(9-12-18)21(26)25(4)5/h8-15H,6-7H2,1-5H3,(H2,23,24,29)/t15-/m1/s1. The van der Waals surface area contributed by atoms with Gasteiger partial charge < -0.3 is 25.0 Å². The Morgan fingerprint density at radius 3 is 2.24 bits per heavy atom. The molecule has 0 aliphatic rings. The minimum absolute atomic E-state index is 0.0283. The van der Waals surface area contributed by atoms with Gasteiger partial charge >= 0.3 is 0 Å². The van der Waals surface area contributed by atoms with Crippen molar-refractivity contribution in [2.24, 2.45) is 0 Å². The summed E-state index contributed by atoms with van der Waals surface area (Å²) in [5.74, 6) is 1.42. The third kappa shape index (κ3) is 6.35. The first kappa shape index (κ1) is 22.5. The number of nitrogens with one attached hydrogen (secondary N) is 2. The molecule has 0 bridgehead atoms. The van der Waals surface area contributed by atoms with Crippen LogP contribution in [0.3, 0.4) is 0 Å². The number of rotatable bonds is 8. The first-order chi connectivity index (χ1) is 13.8. The van der Waals surface area contributed by atoms with Crippen LogP contribution in [-0.4, -0.2) is 43.2 Å². The van der Waals surface area contributed by atoms with Gasteiger partial charge in [-0.15, -0.1) is 0 Å². The largest absolute Gasteiger partial charge is 0.490 e. The molecule has 0 aliphatic carbocycles. The van der Waals surface area contributed by atoms with Crippen LogP contribution in [0.25, 0.3) is 0 Å². The third-order valence-corrected chi connectivity index (χ3v) is 4.43. The van der Waals surface area contributed by atoms with Gasteiger partial charge in [0.2, 0.25) is 0 Å². The Hall–Kier alpha value is -2.80. The first-order valence-corrected chi connectivity index (χ1v) is 10.0. The topological polar surface area (TPSA) is 62.8 Å². The monoisotopic (exact) mass is 415 g/mol. The SMILES string of the molecule is CCOc1ccc([C@@H](C)NC(=S)Nc2ccc(C(=O)N(C)C)cc2)cc1OCC. The number of anilines is 1. The van der Waals surface area contributed by atoms with Gasteiger partial charge in [-0.25, -0.2) is 0 Å². The Morgan fingerprint density at radius 1 is 1.03 bits per heavy atom. The van der Waals surface area contributed by atoms with Gasteiger partial charge in [-0.1, -0.05) is 6.07 Å². The van der Waals surface area contributed by atoms with Crippen LogP contribution in [-0.2, 0) is 0 Å². The third-order valence-electron chi connectivity index (χ3n) is 4.21. The zero-order valence-electron chi connectivity index (χ0n) is 17.6. The molecule has 2 aromatic rings. The van der Waals surface area contributed by atoms with Gasteiger partial charge in [-0.2, -0.15) is 0 Å². The lowest BCUT2D eigenvalue weighted by Crippen LogP contribution is -2.31. The summed E-state index contributed by atoms with van der Waals surface area (Å²) in [7, 11) is 3.46. The average Bonchev–Trinajstić information content (AvgIpc) is 2.69. The van der Waals surface area contributed by atoms with Gasteiger partial charge in [-0.3, -0.25) is 4.79 Å². The molecule has 0 fully saturated rings. The maximum atomic E-state index is 12.0. The lowest BCUT2D eigenvalue weighted by Gasteiger charge is -2.19. The van der Waals surface area contributed by atoms with E-state index < -0.39 is 0 Å². The molecule has 0 unspecified atom stereocenters. The molecule has 1 amide bonds. The van der Waals surface area contributed by atoms with Crippen LogP contribution >= 0.6 is 12.2 Å². The van der Waals surface area contributed by atoms with E-state index in [2.05, 4.69) is 10.6 Å². The molecule has 2 N–H and O–H groups in total. The van der Waals surface area contributed by atoms with Gasteiger partial charge in [0.1, 0.15) is 0 Å². The van der Waals surface area contributed by atoms with Crippen molar-refractivity contribution >= 4 is 28.9 Å². The molecule has 29 heavy (non-hydrogen) atoms.